The summed E-state index contributed by atoms with van der Waals surface area (Å²) in [6.07, 6.45) is -1.83. The van der Waals surface area contributed by atoms with E-state index >= 15 is 0 Å². The number of rotatable bonds is 5. The van der Waals surface area contributed by atoms with Gasteiger partial charge in [0.15, 0.2) is 5.13 Å². The molecule has 32 heavy (non-hydrogen) atoms. The molecule has 1 aliphatic rings. The van der Waals surface area contributed by atoms with E-state index < -0.39 is 27.8 Å². The summed E-state index contributed by atoms with van der Waals surface area (Å²) in [5.74, 6) is 0.923. The molecule has 170 valence electrons. The number of alkyl halides is 3. The smallest absolute Gasteiger partial charge is 0.316 e. The predicted molar refractivity (Wildman–Crippen MR) is 114 cm³/mol. The minimum atomic E-state index is -4.63. The largest absolute Gasteiger partial charge is 0.416 e. The normalized spacial score (nSPS) is 17.6. The molecule has 4 rings (SSSR count). The molecule has 2 aromatic heterocycles. The lowest BCUT2D eigenvalue weighted by atomic mass is 10.1. The van der Waals surface area contributed by atoms with Crippen LogP contribution in [-0.4, -0.2) is 34.2 Å². The second-order valence-electron chi connectivity index (χ2n) is 7.43. The summed E-state index contributed by atoms with van der Waals surface area (Å²) < 4.78 is 67.1. The number of halogens is 3. The van der Waals surface area contributed by atoms with Crippen LogP contribution in [0.3, 0.4) is 0 Å². The molecule has 0 radical (unpaired) electrons. The number of aryl methyl sites for hydroxylation is 2. The number of hydrogen-bond donors (Lipinski definition) is 1. The molecule has 1 aromatic carbocycles. The average Bonchev–Trinajstić information content (AvgIpc) is 3.36. The highest BCUT2D eigenvalue weighted by Gasteiger charge is 2.39. The zero-order chi connectivity index (χ0) is 23.1. The summed E-state index contributed by atoms with van der Waals surface area (Å²) in [4.78, 5) is 13.6. The zero-order valence-corrected chi connectivity index (χ0v) is 18.9. The van der Waals surface area contributed by atoms with Gasteiger partial charge in [-0.15, -0.1) is 11.3 Å². The monoisotopic (exact) mass is 483 g/mol. The maximum Gasteiger partial charge on any atom is 0.416 e. The number of thiazole rings is 1. The molecule has 0 bridgehead atoms. The van der Waals surface area contributed by atoms with E-state index in [1.54, 1.807) is 19.2 Å². The lowest BCUT2D eigenvalue weighted by Crippen LogP contribution is -2.31. The Morgan fingerprint density at radius 3 is 2.66 bits per heavy atom. The van der Waals surface area contributed by atoms with Crippen molar-refractivity contribution >= 4 is 32.3 Å². The molecule has 3 aromatic rings. The third-order valence-corrected chi connectivity index (χ3v) is 7.76. The van der Waals surface area contributed by atoms with Crippen molar-refractivity contribution in [2.45, 2.75) is 43.8 Å². The van der Waals surface area contributed by atoms with Gasteiger partial charge in [0, 0.05) is 23.7 Å². The SMILES string of the molecule is Cc1nc(Nc2ncc(C)s2)cc([C@@H]2CCCN2S(=O)(=O)c2cccc(C(F)(F)F)c2)n1. The van der Waals surface area contributed by atoms with E-state index in [2.05, 4.69) is 20.3 Å². The molecule has 1 fully saturated rings. The molecule has 1 saturated heterocycles. The summed E-state index contributed by atoms with van der Waals surface area (Å²) >= 11 is 1.45. The fourth-order valence-electron chi connectivity index (χ4n) is 3.64. The van der Waals surface area contributed by atoms with E-state index in [1.165, 1.54) is 21.7 Å². The van der Waals surface area contributed by atoms with E-state index in [1.807, 2.05) is 6.92 Å². The maximum atomic E-state index is 13.3. The minimum Gasteiger partial charge on any atom is -0.316 e. The summed E-state index contributed by atoms with van der Waals surface area (Å²) in [5.41, 5.74) is -0.515. The van der Waals surface area contributed by atoms with E-state index in [9.17, 15) is 21.6 Å². The van der Waals surface area contributed by atoms with Gasteiger partial charge in [0.2, 0.25) is 10.0 Å². The fourth-order valence-corrected chi connectivity index (χ4v) is 6.03. The molecule has 1 N–H and O–H groups in total. The van der Waals surface area contributed by atoms with Gasteiger partial charge in [-0.1, -0.05) is 6.07 Å². The Hall–Kier alpha value is -2.57. The molecule has 1 aliphatic heterocycles. The van der Waals surface area contributed by atoms with Crippen molar-refractivity contribution < 1.29 is 21.6 Å². The molecule has 12 heteroatoms. The molecule has 0 unspecified atom stereocenters. The first-order chi connectivity index (χ1) is 15.0. The lowest BCUT2D eigenvalue weighted by Gasteiger charge is -2.24. The number of sulfonamides is 1. The number of hydrogen-bond acceptors (Lipinski definition) is 7. The predicted octanol–water partition coefficient (Wildman–Crippen LogP) is 4.84. The average molecular weight is 484 g/mol. The van der Waals surface area contributed by atoms with Gasteiger partial charge >= 0.3 is 6.18 Å². The van der Waals surface area contributed by atoms with Gasteiger partial charge in [0.1, 0.15) is 11.6 Å². The van der Waals surface area contributed by atoms with Crippen LogP contribution in [0.15, 0.2) is 41.4 Å². The number of aromatic nitrogens is 3. The maximum absolute atomic E-state index is 13.3. The summed E-state index contributed by atoms with van der Waals surface area (Å²) in [6, 6.07) is 4.88. The molecule has 7 nitrogen and oxygen atoms in total. The van der Waals surface area contributed by atoms with Crippen LogP contribution in [0.1, 0.15) is 40.8 Å². The van der Waals surface area contributed by atoms with Gasteiger partial charge in [-0.25, -0.2) is 23.4 Å². The van der Waals surface area contributed by atoms with Gasteiger partial charge in [0.25, 0.3) is 0 Å². The van der Waals surface area contributed by atoms with Crippen LogP contribution in [0.5, 0.6) is 0 Å². The molecule has 0 aliphatic carbocycles. The Labute approximate surface area is 187 Å². The Bertz CT molecular complexity index is 1240. The van der Waals surface area contributed by atoms with Crippen LogP contribution in [0.4, 0.5) is 24.1 Å². The van der Waals surface area contributed by atoms with Crippen molar-refractivity contribution in [3.8, 4) is 0 Å². The quantitative estimate of drug-likeness (QED) is 0.559. The minimum absolute atomic E-state index is 0.195. The van der Waals surface area contributed by atoms with Crippen LogP contribution >= 0.6 is 11.3 Å². The van der Waals surface area contributed by atoms with E-state index in [-0.39, 0.29) is 11.4 Å². The third-order valence-electron chi connectivity index (χ3n) is 5.03. The lowest BCUT2D eigenvalue weighted by molar-refractivity contribution is -0.137. The highest BCUT2D eigenvalue weighted by molar-refractivity contribution is 7.89. The van der Waals surface area contributed by atoms with E-state index in [4.69, 9.17) is 0 Å². The highest BCUT2D eigenvalue weighted by atomic mass is 32.2. The van der Waals surface area contributed by atoms with Crippen LogP contribution in [0.2, 0.25) is 0 Å². The summed E-state index contributed by atoms with van der Waals surface area (Å²) in [7, 11) is -4.16. The molecule has 1 atom stereocenters. The zero-order valence-electron chi connectivity index (χ0n) is 17.2. The van der Waals surface area contributed by atoms with Crippen molar-refractivity contribution in [2.24, 2.45) is 0 Å². The topological polar surface area (TPSA) is 88.1 Å². The first-order valence-electron chi connectivity index (χ1n) is 9.78. The highest BCUT2D eigenvalue weighted by Crippen LogP contribution is 2.38. The standard InChI is InChI=1S/C20H20F3N5O2S2/c1-12-11-24-19(31-12)27-18-10-16(25-13(2)26-18)17-7-4-8-28(17)32(29,30)15-6-3-5-14(9-15)20(21,22)23/h3,5-6,9-11,17H,4,7-8H2,1-2H3,(H,24,25,26,27)/t17-/m0/s1. The number of nitrogens with one attached hydrogen (secondary N) is 1. The van der Waals surface area contributed by atoms with Crippen LogP contribution < -0.4 is 5.32 Å². The Morgan fingerprint density at radius 2 is 1.97 bits per heavy atom. The summed E-state index contributed by atoms with van der Waals surface area (Å²) in [5, 5.41) is 3.75. The van der Waals surface area contributed by atoms with Crippen LogP contribution in [0.25, 0.3) is 0 Å². The van der Waals surface area contributed by atoms with Gasteiger partial charge in [-0.2, -0.15) is 17.5 Å². The number of benzene rings is 1. The Balaban J connectivity index is 1.66. The third kappa shape index (κ3) is 4.62. The van der Waals surface area contributed by atoms with Crippen molar-refractivity contribution in [1.29, 1.82) is 0 Å². The van der Waals surface area contributed by atoms with E-state index in [0.717, 1.165) is 17.0 Å². The first kappa shape index (κ1) is 22.6. The van der Waals surface area contributed by atoms with Crippen molar-refractivity contribution in [1.82, 2.24) is 19.3 Å². The van der Waals surface area contributed by atoms with Gasteiger partial charge in [0.05, 0.1) is 22.2 Å². The van der Waals surface area contributed by atoms with Crippen molar-refractivity contribution in [3.63, 3.8) is 0 Å². The Kier molecular flexibility index (Phi) is 5.94. The molecule has 0 spiro atoms. The van der Waals surface area contributed by atoms with Crippen LogP contribution in [0, 0.1) is 13.8 Å². The van der Waals surface area contributed by atoms with Gasteiger partial charge < -0.3 is 5.32 Å². The van der Waals surface area contributed by atoms with Crippen LogP contribution in [-0.2, 0) is 16.2 Å². The second-order valence-corrected chi connectivity index (χ2v) is 10.6. The molecule has 3 heterocycles. The number of nitrogens with zero attached hydrogens (tertiary/aromatic N) is 4. The van der Waals surface area contributed by atoms with Gasteiger partial charge in [-0.3, -0.25) is 0 Å². The number of anilines is 2. The summed E-state index contributed by atoms with van der Waals surface area (Å²) in [6.45, 7) is 3.82. The molecular formula is C20H20F3N5O2S2. The molecule has 0 saturated carbocycles. The second kappa shape index (κ2) is 8.41. The van der Waals surface area contributed by atoms with E-state index in [0.29, 0.717) is 41.4 Å². The fraction of sp³-hybridized carbons (Fsp3) is 0.350. The van der Waals surface area contributed by atoms with Crippen molar-refractivity contribution in [2.75, 3.05) is 11.9 Å². The first-order valence-corrected chi connectivity index (χ1v) is 12.0. The van der Waals surface area contributed by atoms with Crippen molar-refractivity contribution in [3.05, 3.63) is 58.5 Å². The van der Waals surface area contributed by atoms with Gasteiger partial charge in [-0.05, 0) is 44.9 Å². The Morgan fingerprint density at radius 1 is 1.19 bits per heavy atom. The molecular weight excluding hydrogens is 463 g/mol. The molecule has 0 amide bonds.